The minimum Gasteiger partial charge on any atom is -0.755 e. The number of hydrogen-bond donors (Lipinski definition) is 0. The first kappa shape index (κ1) is 21.4. The Bertz CT molecular complexity index is 884. The molecule has 10 heteroatoms. The van der Waals surface area contributed by atoms with Crippen molar-refractivity contribution in [3.8, 4) is 0 Å². The Morgan fingerprint density at radius 3 is 2.38 bits per heavy atom. The number of Topliss-reactive ketones (excluding diaryl/α,β-unsaturated/α-hetero) is 1. The maximum atomic E-state index is 12.1. The van der Waals surface area contributed by atoms with E-state index >= 15 is 0 Å². The topological polar surface area (TPSA) is 103 Å². The molecule has 0 radical (unpaired) electrons. The molecule has 0 amide bonds. The molecule has 154 valence electrons. The Kier molecular flexibility index (Phi) is 7.37. The molecule has 0 aliphatic carbocycles. The van der Waals surface area contributed by atoms with Gasteiger partial charge in [-0.1, -0.05) is 11.8 Å². The van der Waals surface area contributed by atoms with Crippen LogP contribution in [0.3, 0.4) is 0 Å². The number of hydrogen-bond acceptors (Lipinski definition) is 8. The van der Waals surface area contributed by atoms with Crippen LogP contribution in [0, 0.1) is 0 Å². The summed E-state index contributed by atoms with van der Waals surface area (Å²) >= 11 is -1.63. The monoisotopic (exact) mass is 434 g/mol. The molecule has 1 aromatic heterocycles. The van der Waals surface area contributed by atoms with Crippen LogP contribution in [0.4, 0.5) is 17.2 Å². The van der Waals surface area contributed by atoms with Gasteiger partial charge in [-0.3, -0.25) is 18.1 Å². The second kappa shape index (κ2) is 9.97. The fraction of sp³-hybridized carbons (Fsp3) is 0.316. The first-order chi connectivity index (χ1) is 14.0. The lowest BCUT2D eigenvalue weighted by molar-refractivity contribution is -0.109. The van der Waals surface area contributed by atoms with E-state index < -0.39 is 11.3 Å². The van der Waals surface area contributed by atoms with Gasteiger partial charge < -0.3 is 14.2 Å². The molecule has 1 aromatic carbocycles. The Morgan fingerprint density at radius 1 is 1.17 bits per heavy atom. The summed E-state index contributed by atoms with van der Waals surface area (Å²) in [5.74, 6) is 0.624. The number of pyridine rings is 1. The van der Waals surface area contributed by atoms with Crippen LogP contribution < -0.4 is 9.21 Å². The molecule has 0 N–H and O–H groups in total. The molecular formula is C19H20N3O5S2-. The molecule has 2 aromatic rings. The van der Waals surface area contributed by atoms with Crippen molar-refractivity contribution in [1.29, 1.82) is 0 Å². The van der Waals surface area contributed by atoms with Gasteiger partial charge in [0.25, 0.3) is 0 Å². The first-order valence-electron chi connectivity index (χ1n) is 8.90. The summed E-state index contributed by atoms with van der Waals surface area (Å²) in [4.78, 5) is 29.5. The summed E-state index contributed by atoms with van der Waals surface area (Å²) < 4.78 is 30.1. The molecule has 0 spiro atoms. The molecule has 1 unspecified atom stereocenters. The average molecular weight is 435 g/mol. The van der Waals surface area contributed by atoms with Crippen LogP contribution in [0.5, 0.6) is 0 Å². The SMILES string of the molecule is CC(=O)SCC(=O)c1ccc(N(c2ccc(N3CCOCC3)nc2)S(=O)[O-])cc1. The lowest BCUT2D eigenvalue weighted by Gasteiger charge is -2.29. The number of thioether (sulfide) groups is 1. The third-order valence-electron chi connectivity index (χ3n) is 4.28. The van der Waals surface area contributed by atoms with Gasteiger partial charge in [0.15, 0.2) is 10.9 Å². The number of carbonyl (C=O) groups excluding carboxylic acids is 2. The molecule has 0 bridgehead atoms. The van der Waals surface area contributed by atoms with Gasteiger partial charge in [0.05, 0.1) is 47.8 Å². The first-order valence-corrected chi connectivity index (χ1v) is 10.9. The number of rotatable bonds is 7. The summed E-state index contributed by atoms with van der Waals surface area (Å²) in [7, 11) is 0. The van der Waals surface area contributed by atoms with Gasteiger partial charge in [-0.2, -0.15) is 0 Å². The van der Waals surface area contributed by atoms with Crippen molar-refractivity contribution in [2.45, 2.75) is 6.92 Å². The summed E-state index contributed by atoms with van der Waals surface area (Å²) in [6, 6.07) is 9.67. The fourth-order valence-electron chi connectivity index (χ4n) is 2.83. The normalized spacial score (nSPS) is 15.0. The van der Waals surface area contributed by atoms with Gasteiger partial charge in [-0.05, 0) is 36.4 Å². The number of carbonyl (C=O) groups is 2. The molecule has 29 heavy (non-hydrogen) atoms. The van der Waals surface area contributed by atoms with Gasteiger partial charge in [0, 0.05) is 25.6 Å². The van der Waals surface area contributed by atoms with Crippen LogP contribution >= 0.6 is 11.8 Å². The summed E-state index contributed by atoms with van der Waals surface area (Å²) in [6.45, 7) is 4.15. The Balaban J connectivity index is 1.76. The van der Waals surface area contributed by atoms with Crippen molar-refractivity contribution >= 4 is 51.1 Å². The molecule has 1 fully saturated rings. The zero-order chi connectivity index (χ0) is 20.8. The van der Waals surface area contributed by atoms with Gasteiger partial charge in [0.2, 0.25) is 0 Å². The van der Waals surface area contributed by atoms with Crippen LogP contribution in [0.2, 0.25) is 0 Å². The van der Waals surface area contributed by atoms with E-state index in [-0.39, 0.29) is 16.7 Å². The van der Waals surface area contributed by atoms with E-state index in [4.69, 9.17) is 4.74 Å². The van der Waals surface area contributed by atoms with Crippen LogP contribution in [-0.4, -0.2) is 56.7 Å². The van der Waals surface area contributed by atoms with E-state index in [2.05, 4.69) is 9.88 Å². The van der Waals surface area contributed by atoms with Crippen LogP contribution in [0.15, 0.2) is 42.6 Å². The van der Waals surface area contributed by atoms with E-state index in [1.807, 2.05) is 0 Å². The molecule has 1 aliphatic heterocycles. The lowest BCUT2D eigenvalue weighted by atomic mass is 10.1. The number of aromatic nitrogens is 1. The van der Waals surface area contributed by atoms with Crippen LogP contribution in [-0.2, 0) is 20.8 Å². The third-order valence-corrected chi connectivity index (χ3v) is 5.81. The third kappa shape index (κ3) is 5.63. The van der Waals surface area contributed by atoms with Gasteiger partial charge in [0.1, 0.15) is 5.82 Å². The minimum atomic E-state index is -2.57. The highest BCUT2D eigenvalue weighted by Gasteiger charge is 2.16. The van der Waals surface area contributed by atoms with Crippen molar-refractivity contribution in [2.75, 3.05) is 41.3 Å². The number of ether oxygens (including phenoxy) is 1. The van der Waals surface area contributed by atoms with E-state index in [1.165, 1.54) is 13.1 Å². The van der Waals surface area contributed by atoms with Crippen molar-refractivity contribution in [3.05, 3.63) is 48.2 Å². The van der Waals surface area contributed by atoms with E-state index in [0.717, 1.165) is 35.0 Å². The maximum absolute atomic E-state index is 12.1. The average Bonchev–Trinajstić information content (AvgIpc) is 2.73. The van der Waals surface area contributed by atoms with Crippen molar-refractivity contribution in [2.24, 2.45) is 0 Å². The van der Waals surface area contributed by atoms with Crippen LogP contribution in [0.1, 0.15) is 17.3 Å². The molecule has 0 saturated carbocycles. The van der Waals surface area contributed by atoms with Gasteiger partial charge >= 0.3 is 0 Å². The zero-order valence-corrected chi connectivity index (χ0v) is 17.4. The Labute approximate surface area is 175 Å². The number of morpholine rings is 1. The largest absolute Gasteiger partial charge is 0.755 e. The lowest BCUT2D eigenvalue weighted by Crippen LogP contribution is -2.36. The highest BCUT2D eigenvalue weighted by Crippen LogP contribution is 2.28. The molecular weight excluding hydrogens is 414 g/mol. The number of nitrogens with zero attached hydrogens (tertiary/aromatic N) is 3. The fourth-order valence-corrected chi connectivity index (χ4v) is 3.91. The summed E-state index contributed by atoms with van der Waals surface area (Å²) in [5, 5.41) is -0.129. The number of benzene rings is 1. The quantitative estimate of drug-likeness (QED) is 0.483. The maximum Gasteiger partial charge on any atom is 0.186 e. The van der Waals surface area contributed by atoms with E-state index in [1.54, 1.807) is 36.4 Å². The van der Waals surface area contributed by atoms with Crippen LogP contribution in [0.25, 0.3) is 0 Å². The Hall–Kier alpha value is -2.27. The summed E-state index contributed by atoms with van der Waals surface area (Å²) in [5.41, 5.74) is 1.19. The highest BCUT2D eigenvalue weighted by atomic mass is 32.2. The zero-order valence-electron chi connectivity index (χ0n) is 15.8. The van der Waals surface area contributed by atoms with Gasteiger partial charge in [-0.15, -0.1) is 0 Å². The minimum absolute atomic E-state index is 0.0544. The van der Waals surface area contributed by atoms with Crippen molar-refractivity contribution < 1.29 is 23.1 Å². The predicted octanol–water partition coefficient (Wildman–Crippen LogP) is 2.31. The molecule has 3 rings (SSSR count). The standard InChI is InChI=1S/C19H21N3O5S2/c1-14(23)28-13-18(24)15-2-4-16(5-3-15)22(29(25)26)17-6-7-19(20-12-17)21-8-10-27-11-9-21/h2-7,12H,8-11,13H2,1H3,(H,25,26)/p-1. The van der Waals surface area contributed by atoms with Gasteiger partial charge in [-0.25, -0.2) is 4.98 Å². The molecule has 2 heterocycles. The number of ketones is 1. The second-order valence-electron chi connectivity index (χ2n) is 6.24. The number of anilines is 3. The summed E-state index contributed by atoms with van der Waals surface area (Å²) in [6.07, 6.45) is 1.50. The highest BCUT2D eigenvalue weighted by molar-refractivity contribution is 8.14. The molecule has 1 aliphatic rings. The van der Waals surface area contributed by atoms with Crippen molar-refractivity contribution in [3.63, 3.8) is 0 Å². The van der Waals surface area contributed by atoms with Crippen molar-refractivity contribution in [1.82, 2.24) is 4.98 Å². The molecule has 1 saturated heterocycles. The molecule has 1 atom stereocenters. The molecule has 8 nitrogen and oxygen atoms in total. The van der Waals surface area contributed by atoms with E-state index in [0.29, 0.717) is 30.2 Å². The smallest absolute Gasteiger partial charge is 0.186 e. The Morgan fingerprint density at radius 2 is 1.83 bits per heavy atom. The van der Waals surface area contributed by atoms with E-state index in [9.17, 15) is 18.4 Å². The predicted molar refractivity (Wildman–Crippen MR) is 112 cm³/mol. The second-order valence-corrected chi connectivity index (χ2v) is 8.19.